The molecule has 3 nitrogen and oxygen atoms in total. The molecule has 1 aromatic heterocycles. The first-order valence-corrected chi connectivity index (χ1v) is 5.30. The van der Waals surface area contributed by atoms with E-state index in [1.807, 2.05) is 6.92 Å². The largest absolute Gasteiger partial charge is 0.437 e. The maximum absolute atomic E-state index is 13.0. The van der Waals surface area contributed by atoms with Crippen molar-refractivity contribution in [2.45, 2.75) is 6.92 Å². The van der Waals surface area contributed by atoms with E-state index in [1.165, 1.54) is 18.2 Å². The van der Waals surface area contributed by atoms with E-state index in [4.69, 9.17) is 22.1 Å². The molecular weight excluding hydrogens is 243 g/mol. The quantitative estimate of drug-likeness (QED) is 0.889. The number of nitrogen functional groups attached to an aromatic ring is 1. The van der Waals surface area contributed by atoms with Gasteiger partial charge in [-0.2, -0.15) is 0 Å². The molecule has 1 heterocycles. The molecule has 0 spiro atoms. The highest BCUT2D eigenvalue weighted by atomic mass is 35.5. The first-order chi connectivity index (χ1) is 8.06. The van der Waals surface area contributed by atoms with Gasteiger partial charge in [-0.05, 0) is 31.2 Å². The number of ether oxygens (including phenoxy) is 1. The van der Waals surface area contributed by atoms with E-state index in [-0.39, 0.29) is 10.9 Å². The number of pyridine rings is 1. The van der Waals surface area contributed by atoms with Gasteiger partial charge < -0.3 is 10.5 Å². The second kappa shape index (κ2) is 4.59. The minimum Gasteiger partial charge on any atom is -0.437 e. The Labute approximate surface area is 103 Å². The van der Waals surface area contributed by atoms with Crippen LogP contribution in [0.4, 0.5) is 10.1 Å². The van der Waals surface area contributed by atoms with E-state index in [2.05, 4.69) is 4.98 Å². The van der Waals surface area contributed by atoms with Crippen molar-refractivity contribution in [1.82, 2.24) is 4.98 Å². The predicted molar refractivity (Wildman–Crippen MR) is 64.9 cm³/mol. The van der Waals surface area contributed by atoms with Crippen LogP contribution in [0.1, 0.15) is 5.69 Å². The Bertz CT molecular complexity index is 560. The monoisotopic (exact) mass is 252 g/mol. The molecule has 1 aromatic carbocycles. The lowest BCUT2D eigenvalue weighted by molar-refractivity contribution is 0.462. The third kappa shape index (κ3) is 2.65. The SMILES string of the molecule is Cc1ccc(N)c(Oc2ccc(F)c(Cl)c2)n1. The lowest BCUT2D eigenvalue weighted by Gasteiger charge is -2.08. The van der Waals surface area contributed by atoms with Gasteiger partial charge in [0.25, 0.3) is 0 Å². The highest BCUT2D eigenvalue weighted by Gasteiger charge is 2.06. The molecule has 0 aliphatic rings. The minimum atomic E-state index is -0.496. The third-order valence-electron chi connectivity index (χ3n) is 2.13. The van der Waals surface area contributed by atoms with Crippen LogP contribution in [0.5, 0.6) is 11.6 Å². The molecule has 88 valence electrons. The summed E-state index contributed by atoms with van der Waals surface area (Å²) >= 11 is 5.64. The van der Waals surface area contributed by atoms with Gasteiger partial charge in [0.15, 0.2) is 0 Å². The molecule has 2 rings (SSSR count). The molecule has 0 aliphatic carbocycles. The molecule has 0 bridgehead atoms. The van der Waals surface area contributed by atoms with Crippen molar-refractivity contribution < 1.29 is 9.13 Å². The second-order valence-electron chi connectivity index (χ2n) is 3.52. The second-order valence-corrected chi connectivity index (χ2v) is 3.93. The number of hydrogen-bond acceptors (Lipinski definition) is 3. The topological polar surface area (TPSA) is 48.1 Å². The summed E-state index contributed by atoms with van der Waals surface area (Å²) in [6, 6.07) is 7.54. The summed E-state index contributed by atoms with van der Waals surface area (Å²) in [5.74, 6) is 0.179. The predicted octanol–water partition coefficient (Wildman–Crippen LogP) is 3.56. The van der Waals surface area contributed by atoms with Gasteiger partial charge >= 0.3 is 0 Å². The maximum atomic E-state index is 13.0. The molecule has 0 amide bonds. The fourth-order valence-electron chi connectivity index (χ4n) is 1.28. The van der Waals surface area contributed by atoms with Crippen molar-refractivity contribution in [1.29, 1.82) is 0 Å². The summed E-state index contributed by atoms with van der Waals surface area (Å²) in [4.78, 5) is 4.14. The smallest absolute Gasteiger partial charge is 0.242 e. The zero-order valence-corrected chi connectivity index (χ0v) is 9.83. The summed E-state index contributed by atoms with van der Waals surface area (Å²) in [7, 11) is 0. The van der Waals surface area contributed by atoms with E-state index in [9.17, 15) is 4.39 Å². The van der Waals surface area contributed by atoms with Crippen LogP contribution in [-0.4, -0.2) is 4.98 Å². The van der Waals surface area contributed by atoms with E-state index < -0.39 is 5.82 Å². The van der Waals surface area contributed by atoms with E-state index in [0.717, 1.165) is 5.69 Å². The van der Waals surface area contributed by atoms with Gasteiger partial charge in [-0.25, -0.2) is 9.37 Å². The molecule has 0 saturated heterocycles. The third-order valence-corrected chi connectivity index (χ3v) is 2.42. The number of nitrogens with two attached hydrogens (primary N) is 1. The average molecular weight is 253 g/mol. The summed E-state index contributed by atoms with van der Waals surface area (Å²) in [6.45, 7) is 1.82. The first kappa shape index (κ1) is 11.7. The van der Waals surface area contributed by atoms with Crippen LogP contribution in [0.3, 0.4) is 0 Å². The lowest BCUT2D eigenvalue weighted by atomic mass is 10.3. The van der Waals surface area contributed by atoms with Crippen molar-refractivity contribution >= 4 is 17.3 Å². The lowest BCUT2D eigenvalue weighted by Crippen LogP contribution is -1.96. The van der Waals surface area contributed by atoms with Crippen LogP contribution in [-0.2, 0) is 0 Å². The summed E-state index contributed by atoms with van der Waals surface area (Å²) in [5.41, 5.74) is 6.90. The Morgan fingerprint density at radius 3 is 2.76 bits per heavy atom. The zero-order valence-electron chi connectivity index (χ0n) is 9.08. The molecule has 17 heavy (non-hydrogen) atoms. The molecule has 0 saturated carbocycles. The number of aryl methyl sites for hydroxylation is 1. The van der Waals surface area contributed by atoms with E-state index in [0.29, 0.717) is 11.4 Å². The minimum absolute atomic E-state index is 0.00581. The van der Waals surface area contributed by atoms with Gasteiger partial charge in [-0.3, -0.25) is 0 Å². The molecule has 5 heteroatoms. The Morgan fingerprint density at radius 2 is 2.06 bits per heavy atom. The molecule has 0 fully saturated rings. The average Bonchev–Trinajstić information content (AvgIpc) is 2.29. The van der Waals surface area contributed by atoms with Crippen molar-refractivity contribution in [3.63, 3.8) is 0 Å². The maximum Gasteiger partial charge on any atom is 0.242 e. The van der Waals surface area contributed by atoms with Crippen LogP contribution < -0.4 is 10.5 Å². The van der Waals surface area contributed by atoms with Gasteiger partial charge in [0, 0.05) is 11.8 Å². The van der Waals surface area contributed by atoms with Crippen LogP contribution in [0.15, 0.2) is 30.3 Å². The van der Waals surface area contributed by atoms with Gasteiger partial charge in [0.1, 0.15) is 11.6 Å². The molecule has 2 N–H and O–H groups in total. The van der Waals surface area contributed by atoms with Crippen molar-refractivity contribution in [3.8, 4) is 11.6 Å². The van der Waals surface area contributed by atoms with E-state index in [1.54, 1.807) is 12.1 Å². The Morgan fingerprint density at radius 1 is 1.29 bits per heavy atom. The number of rotatable bonds is 2. The van der Waals surface area contributed by atoms with Gasteiger partial charge in [-0.1, -0.05) is 11.6 Å². The molecule has 0 atom stereocenters. The van der Waals surface area contributed by atoms with Gasteiger partial charge in [0.05, 0.1) is 10.7 Å². The number of hydrogen-bond donors (Lipinski definition) is 1. The summed E-state index contributed by atoms with van der Waals surface area (Å²) in [6.07, 6.45) is 0. The molecule has 0 aliphatic heterocycles. The van der Waals surface area contributed by atoms with Crippen molar-refractivity contribution in [3.05, 3.63) is 46.9 Å². The van der Waals surface area contributed by atoms with Crippen molar-refractivity contribution in [2.24, 2.45) is 0 Å². The van der Waals surface area contributed by atoms with Crippen LogP contribution in [0.25, 0.3) is 0 Å². The van der Waals surface area contributed by atoms with E-state index >= 15 is 0 Å². The highest BCUT2D eigenvalue weighted by molar-refractivity contribution is 6.30. The first-order valence-electron chi connectivity index (χ1n) is 4.92. The Hall–Kier alpha value is -1.81. The van der Waals surface area contributed by atoms with Crippen molar-refractivity contribution in [2.75, 3.05) is 5.73 Å². The molecule has 2 aromatic rings. The van der Waals surface area contributed by atoms with Crippen LogP contribution in [0, 0.1) is 12.7 Å². The fraction of sp³-hybridized carbons (Fsp3) is 0.0833. The Kier molecular flexibility index (Phi) is 3.15. The normalized spacial score (nSPS) is 10.3. The van der Waals surface area contributed by atoms with Gasteiger partial charge in [0.2, 0.25) is 5.88 Å². The highest BCUT2D eigenvalue weighted by Crippen LogP contribution is 2.28. The Balaban J connectivity index is 2.31. The fourth-order valence-corrected chi connectivity index (χ4v) is 1.45. The number of halogens is 2. The number of nitrogens with zero attached hydrogens (tertiary/aromatic N) is 1. The number of anilines is 1. The molecular formula is C12H10ClFN2O. The van der Waals surface area contributed by atoms with Crippen LogP contribution in [0.2, 0.25) is 5.02 Å². The van der Waals surface area contributed by atoms with Gasteiger partial charge in [-0.15, -0.1) is 0 Å². The zero-order chi connectivity index (χ0) is 12.4. The summed E-state index contributed by atoms with van der Waals surface area (Å²) in [5, 5.41) is -0.00581. The molecule has 0 unspecified atom stereocenters. The number of aromatic nitrogens is 1. The molecule has 0 radical (unpaired) electrons. The summed E-state index contributed by atoms with van der Waals surface area (Å²) < 4.78 is 18.4. The standard InChI is InChI=1S/C12H10ClFN2O/c1-7-2-5-11(15)12(16-7)17-8-3-4-10(14)9(13)6-8/h2-6H,15H2,1H3. The number of benzene rings is 1. The van der Waals surface area contributed by atoms with Crippen LogP contribution >= 0.6 is 11.6 Å².